The summed E-state index contributed by atoms with van der Waals surface area (Å²) < 4.78 is 11.8. The minimum atomic E-state index is -0.499. The molecule has 1 aliphatic heterocycles. The van der Waals surface area contributed by atoms with Crippen molar-refractivity contribution in [2.75, 3.05) is 27.8 Å². The van der Waals surface area contributed by atoms with Gasteiger partial charge in [-0.1, -0.05) is 64.4 Å². The third-order valence-electron chi connectivity index (χ3n) is 8.96. The predicted octanol–water partition coefficient (Wildman–Crippen LogP) is 4.87. The van der Waals surface area contributed by atoms with Crippen LogP contribution >= 0.6 is 11.3 Å². The lowest BCUT2D eigenvalue weighted by atomic mass is 9.90. The first-order valence-corrected chi connectivity index (χ1v) is 16.4. The average molecular weight is 615 g/mol. The standard InChI is InChI=1S/C33H50N4O5S/c1-8-22(3)30(36(5)28(38)9-2)27(41-6)21-29(39)37-18-13-16-26(37)31(42-7)23(4)32(40)35-25(33-34-17-19-43-33)20-24-14-11-10-12-15-24/h10-12,14-15,17,19,22-23,25-27,30-31H,8-9,13,16,18,20-21H2,1-7H3,(H,35,40). The minimum absolute atomic E-state index is 0.0291. The first-order chi connectivity index (χ1) is 20.7. The Labute approximate surface area is 261 Å². The molecular formula is C33H50N4O5S. The third-order valence-corrected chi connectivity index (χ3v) is 9.84. The number of methoxy groups -OCH3 is 2. The zero-order chi connectivity index (χ0) is 31.5. The van der Waals surface area contributed by atoms with Gasteiger partial charge in [-0.15, -0.1) is 11.3 Å². The summed E-state index contributed by atoms with van der Waals surface area (Å²) in [6.07, 6.45) is 4.46. The number of nitrogens with one attached hydrogen (secondary N) is 1. The summed E-state index contributed by atoms with van der Waals surface area (Å²) in [5, 5.41) is 5.99. The van der Waals surface area contributed by atoms with Gasteiger partial charge in [0.25, 0.3) is 0 Å². The van der Waals surface area contributed by atoms with E-state index in [4.69, 9.17) is 9.47 Å². The van der Waals surface area contributed by atoms with Gasteiger partial charge in [-0.3, -0.25) is 14.4 Å². The summed E-state index contributed by atoms with van der Waals surface area (Å²) in [4.78, 5) is 48.2. The van der Waals surface area contributed by atoms with Crippen molar-refractivity contribution < 1.29 is 23.9 Å². The lowest BCUT2D eigenvalue weighted by Crippen LogP contribution is -2.53. The molecule has 3 rings (SSSR count). The highest BCUT2D eigenvalue weighted by Crippen LogP contribution is 2.30. The van der Waals surface area contributed by atoms with E-state index in [1.807, 2.05) is 54.5 Å². The number of ether oxygens (including phenoxy) is 2. The number of thiazole rings is 1. The smallest absolute Gasteiger partial charge is 0.226 e. The number of amides is 3. The van der Waals surface area contributed by atoms with Gasteiger partial charge in [0.05, 0.1) is 42.7 Å². The van der Waals surface area contributed by atoms with Gasteiger partial charge in [-0.05, 0) is 30.7 Å². The van der Waals surface area contributed by atoms with E-state index in [0.717, 1.165) is 29.8 Å². The topological polar surface area (TPSA) is 101 Å². The molecule has 1 aromatic heterocycles. The fourth-order valence-corrected chi connectivity index (χ4v) is 7.02. The van der Waals surface area contributed by atoms with E-state index in [-0.39, 0.29) is 48.2 Å². The summed E-state index contributed by atoms with van der Waals surface area (Å²) in [6.45, 7) is 8.49. The number of rotatable bonds is 16. The van der Waals surface area contributed by atoms with E-state index in [1.54, 1.807) is 32.4 Å². The molecule has 0 radical (unpaired) electrons. The number of hydrogen-bond donors (Lipinski definition) is 1. The van der Waals surface area contributed by atoms with Gasteiger partial charge in [-0.2, -0.15) is 0 Å². The van der Waals surface area contributed by atoms with Gasteiger partial charge in [0.15, 0.2) is 0 Å². The summed E-state index contributed by atoms with van der Waals surface area (Å²) in [5.41, 5.74) is 1.11. The van der Waals surface area contributed by atoms with Crippen LogP contribution in [0.3, 0.4) is 0 Å². The van der Waals surface area contributed by atoms with Crippen molar-refractivity contribution in [3.05, 3.63) is 52.5 Å². The second-order valence-electron chi connectivity index (χ2n) is 11.6. The van der Waals surface area contributed by atoms with E-state index >= 15 is 0 Å². The highest BCUT2D eigenvalue weighted by atomic mass is 32.1. The van der Waals surface area contributed by atoms with Crippen LogP contribution in [0.5, 0.6) is 0 Å². The highest BCUT2D eigenvalue weighted by molar-refractivity contribution is 7.09. The first kappa shape index (κ1) is 34.7. The van der Waals surface area contributed by atoms with Crippen molar-refractivity contribution in [3.63, 3.8) is 0 Å². The molecule has 1 aromatic carbocycles. The van der Waals surface area contributed by atoms with Crippen molar-refractivity contribution in [2.24, 2.45) is 11.8 Å². The van der Waals surface area contributed by atoms with Gasteiger partial charge in [0.1, 0.15) is 5.01 Å². The van der Waals surface area contributed by atoms with Crippen molar-refractivity contribution in [1.82, 2.24) is 20.1 Å². The Morgan fingerprint density at radius 3 is 2.44 bits per heavy atom. The van der Waals surface area contributed by atoms with E-state index in [0.29, 0.717) is 19.4 Å². The molecule has 43 heavy (non-hydrogen) atoms. The molecule has 1 N–H and O–H groups in total. The van der Waals surface area contributed by atoms with Crippen LogP contribution in [0.4, 0.5) is 0 Å². The number of carbonyl (C=O) groups excluding carboxylic acids is 3. The van der Waals surface area contributed by atoms with Crippen LogP contribution in [0.25, 0.3) is 0 Å². The Balaban J connectivity index is 1.74. The van der Waals surface area contributed by atoms with Crippen LogP contribution in [-0.4, -0.2) is 84.6 Å². The van der Waals surface area contributed by atoms with E-state index < -0.39 is 18.1 Å². The molecular weight excluding hydrogens is 564 g/mol. The average Bonchev–Trinajstić information content (AvgIpc) is 3.74. The van der Waals surface area contributed by atoms with Gasteiger partial charge >= 0.3 is 0 Å². The Bertz CT molecular complexity index is 1150. The molecule has 1 saturated heterocycles. The maximum atomic E-state index is 13.8. The molecule has 238 valence electrons. The van der Waals surface area contributed by atoms with Crippen molar-refractivity contribution >= 4 is 29.1 Å². The fraction of sp³-hybridized carbons (Fsp3) is 0.636. The Morgan fingerprint density at radius 2 is 1.86 bits per heavy atom. The molecule has 0 bridgehead atoms. The molecule has 3 amide bonds. The fourth-order valence-electron chi connectivity index (χ4n) is 6.33. The summed E-state index contributed by atoms with van der Waals surface area (Å²) >= 11 is 1.52. The van der Waals surface area contributed by atoms with Crippen LogP contribution in [0.2, 0.25) is 0 Å². The molecule has 0 spiro atoms. The van der Waals surface area contributed by atoms with Crippen LogP contribution in [0.1, 0.15) is 76.4 Å². The van der Waals surface area contributed by atoms with Gasteiger partial charge in [0.2, 0.25) is 17.7 Å². The van der Waals surface area contributed by atoms with Crippen molar-refractivity contribution in [1.29, 1.82) is 0 Å². The maximum absolute atomic E-state index is 13.8. The lowest BCUT2D eigenvalue weighted by Gasteiger charge is -2.39. The lowest BCUT2D eigenvalue weighted by molar-refractivity contribution is -0.145. The number of likely N-dealkylation sites (N-methyl/N-ethyl adjacent to an activating group) is 1. The largest absolute Gasteiger partial charge is 0.379 e. The normalized spacial score (nSPS) is 19.2. The molecule has 1 fully saturated rings. The zero-order valence-electron chi connectivity index (χ0n) is 26.8. The quantitative estimate of drug-likeness (QED) is 0.290. The van der Waals surface area contributed by atoms with Gasteiger partial charge in [-0.25, -0.2) is 4.98 Å². The molecule has 7 atom stereocenters. The highest BCUT2D eigenvalue weighted by Gasteiger charge is 2.42. The maximum Gasteiger partial charge on any atom is 0.226 e. The second-order valence-corrected chi connectivity index (χ2v) is 12.5. The summed E-state index contributed by atoms with van der Waals surface area (Å²) in [5.74, 6) is -0.486. The van der Waals surface area contributed by atoms with Crippen LogP contribution in [-0.2, 0) is 30.3 Å². The van der Waals surface area contributed by atoms with Crippen molar-refractivity contribution in [2.45, 2.75) is 96.6 Å². The van der Waals surface area contributed by atoms with E-state index in [2.05, 4.69) is 24.1 Å². The van der Waals surface area contributed by atoms with Gasteiger partial charge in [0, 0.05) is 45.8 Å². The number of benzene rings is 1. The molecule has 9 nitrogen and oxygen atoms in total. The van der Waals surface area contributed by atoms with Crippen molar-refractivity contribution in [3.8, 4) is 0 Å². The molecule has 0 aliphatic carbocycles. The molecule has 2 heterocycles. The summed E-state index contributed by atoms with van der Waals surface area (Å²) in [7, 11) is 5.02. The summed E-state index contributed by atoms with van der Waals surface area (Å²) in [6, 6.07) is 9.33. The monoisotopic (exact) mass is 614 g/mol. The first-order valence-electron chi connectivity index (χ1n) is 15.5. The number of carbonyl (C=O) groups is 3. The minimum Gasteiger partial charge on any atom is -0.379 e. The van der Waals surface area contributed by atoms with E-state index in [1.165, 1.54) is 11.3 Å². The number of nitrogens with zero attached hydrogens (tertiary/aromatic N) is 3. The van der Waals surface area contributed by atoms with Gasteiger partial charge < -0.3 is 24.6 Å². The Kier molecular flexibility index (Phi) is 13.6. The third kappa shape index (κ3) is 8.86. The zero-order valence-corrected chi connectivity index (χ0v) is 27.6. The molecule has 7 unspecified atom stereocenters. The van der Waals surface area contributed by atoms with E-state index in [9.17, 15) is 14.4 Å². The SMILES string of the molecule is CCC(=O)N(C)C(C(C)CC)C(CC(=O)N1CCCC1C(OC)C(C)C(=O)NC(Cc1ccccc1)c1nccs1)OC. The molecule has 10 heteroatoms. The van der Waals surface area contributed by atoms with Crippen LogP contribution in [0.15, 0.2) is 41.9 Å². The molecule has 2 aromatic rings. The second kappa shape index (κ2) is 16.9. The Hall–Kier alpha value is -2.82. The molecule has 0 saturated carbocycles. The number of hydrogen-bond acceptors (Lipinski definition) is 7. The number of aromatic nitrogens is 1. The molecule has 1 aliphatic rings. The van der Waals surface area contributed by atoms with Crippen LogP contribution < -0.4 is 5.32 Å². The Morgan fingerprint density at radius 1 is 1.14 bits per heavy atom. The van der Waals surface area contributed by atoms with Crippen LogP contribution in [0, 0.1) is 11.8 Å². The number of likely N-dealkylation sites (tertiary alicyclic amines) is 1. The predicted molar refractivity (Wildman–Crippen MR) is 170 cm³/mol.